The van der Waals surface area contributed by atoms with Crippen LogP contribution in [0.3, 0.4) is 0 Å². The van der Waals surface area contributed by atoms with Crippen LogP contribution in [0.5, 0.6) is 0 Å². The van der Waals surface area contributed by atoms with Crippen molar-refractivity contribution in [3.05, 3.63) is 175 Å². The molecule has 0 spiro atoms. The zero-order valence-corrected chi connectivity index (χ0v) is 28.4. The Balaban J connectivity index is 1.28. The first-order valence-corrected chi connectivity index (χ1v) is 17.5. The first-order valence-electron chi connectivity index (χ1n) is 17.5. The fraction of sp³-hybridized carbons (Fsp3) is 0.0625. The summed E-state index contributed by atoms with van der Waals surface area (Å²) in [5.41, 5.74) is 10.5. The van der Waals surface area contributed by atoms with Crippen molar-refractivity contribution in [2.75, 3.05) is 0 Å². The van der Waals surface area contributed by atoms with E-state index in [1.54, 1.807) is 0 Å². The van der Waals surface area contributed by atoms with Gasteiger partial charge in [0.15, 0.2) is 17.5 Å². The Morgan fingerprint density at radius 2 is 0.843 bits per heavy atom. The molecule has 0 atom stereocenters. The second kappa shape index (κ2) is 11.3. The number of nitrogens with zero attached hydrogens (tertiary/aromatic N) is 3. The Morgan fingerprint density at radius 1 is 0.353 bits per heavy atom. The number of benzene rings is 8. The average molecular weight is 652 g/mol. The molecule has 0 fully saturated rings. The standard InChI is InChI=1S/C48H33N3/c1-48(2)42-24-10-9-21-38(42)41-29-33(26-28-43(41)48)37-27-25-32-15-5-8-20-36(32)44(37)47-50-45(39-22-11-16-30-13-3-6-18-34(30)39)49-46(51-47)40-23-12-17-31-14-4-7-19-35(31)40/h3-29H,1-2H3. The molecule has 3 nitrogen and oxygen atoms in total. The number of hydrogen-bond acceptors (Lipinski definition) is 3. The Morgan fingerprint density at radius 3 is 1.51 bits per heavy atom. The second-order valence-electron chi connectivity index (χ2n) is 14.0. The van der Waals surface area contributed by atoms with Crippen LogP contribution in [-0.2, 0) is 5.41 Å². The Kier molecular flexibility index (Phi) is 6.53. The summed E-state index contributed by atoms with van der Waals surface area (Å²) in [6.07, 6.45) is 0. The highest BCUT2D eigenvalue weighted by Gasteiger charge is 2.35. The predicted molar refractivity (Wildman–Crippen MR) is 212 cm³/mol. The normalized spacial score (nSPS) is 13.1. The van der Waals surface area contributed by atoms with Crippen molar-refractivity contribution in [3.63, 3.8) is 0 Å². The van der Waals surface area contributed by atoms with Crippen LogP contribution in [-0.4, -0.2) is 15.0 Å². The van der Waals surface area contributed by atoms with Gasteiger partial charge in [-0.25, -0.2) is 15.0 Å². The van der Waals surface area contributed by atoms with E-state index in [-0.39, 0.29) is 5.41 Å². The van der Waals surface area contributed by atoms with Crippen LogP contribution in [0, 0.1) is 0 Å². The van der Waals surface area contributed by atoms with E-state index in [0.29, 0.717) is 17.5 Å². The second-order valence-corrected chi connectivity index (χ2v) is 14.0. The molecule has 0 N–H and O–H groups in total. The highest BCUT2D eigenvalue weighted by Crippen LogP contribution is 2.50. The van der Waals surface area contributed by atoms with Crippen LogP contribution in [0.4, 0.5) is 0 Å². The van der Waals surface area contributed by atoms with Gasteiger partial charge >= 0.3 is 0 Å². The summed E-state index contributed by atoms with van der Waals surface area (Å²) in [5.74, 6) is 1.97. The van der Waals surface area contributed by atoms with Gasteiger partial charge in [0.25, 0.3) is 0 Å². The van der Waals surface area contributed by atoms with Crippen molar-refractivity contribution < 1.29 is 0 Å². The van der Waals surface area contributed by atoms with Gasteiger partial charge in [-0.2, -0.15) is 0 Å². The van der Waals surface area contributed by atoms with Crippen molar-refractivity contribution in [1.82, 2.24) is 15.0 Å². The number of fused-ring (bicyclic) bond motifs is 6. The van der Waals surface area contributed by atoms with Gasteiger partial charge < -0.3 is 0 Å². The molecular formula is C48H33N3. The molecule has 0 radical (unpaired) electrons. The SMILES string of the molecule is CC1(C)c2ccccc2-c2cc(-c3ccc4ccccc4c3-c3nc(-c4cccc5ccccc45)nc(-c4cccc5ccccc45)n3)ccc21. The molecule has 1 aliphatic rings. The molecule has 0 saturated heterocycles. The lowest BCUT2D eigenvalue weighted by molar-refractivity contribution is 0.660. The minimum atomic E-state index is -0.0639. The summed E-state index contributed by atoms with van der Waals surface area (Å²) in [4.78, 5) is 16.0. The zero-order chi connectivity index (χ0) is 34.1. The van der Waals surface area contributed by atoms with Gasteiger partial charge in [-0.15, -0.1) is 0 Å². The minimum absolute atomic E-state index is 0.0639. The lowest BCUT2D eigenvalue weighted by Crippen LogP contribution is -2.14. The number of hydrogen-bond donors (Lipinski definition) is 0. The van der Waals surface area contributed by atoms with Crippen molar-refractivity contribution in [2.45, 2.75) is 19.3 Å². The predicted octanol–water partition coefficient (Wildman–Crippen LogP) is 12.3. The van der Waals surface area contributed by atoms with E-state index < -0.39 is 0 Å². The summed E-state index contributed by atoms with van der Waals surface area (Å²) >= 11 is 0. The molecule has 0 saturated carbocycles. The molecule has 0 unspecified atom stereocenters. The third kappa shape index (κ3) is 4.62. The third-order valence-electron chi connectivity index (χ3n) is 10.7. The first-order chi connectivity index (χ1) is 25.0. The molecule has 1 aromatic heterocycles. The van der Waals surface area contributed by atoms with Crippen LogP contribution in [0.15, 0.2) is 164 Å². The molecule has 240 valence electrons. The molecule has 9 aromatic rings. The van der Waals surface area contributed by atoms with Crippen molar-refractivity contribution in [1.29, 1.82) is 0 Å². The van der Waals surface area contributed by atoms with Gasteiger partial charge in [0.2, 0.25) is 0 Å². The molecule has 0 aliphatic heterocycles. The van der Waals surface area contributed by atoms with Gasteiger partial charge in [0.05, 0.1) is 0 Å². The fourth-order valence-electron chi connectivity index (χ4n) is 8.21. The lowest BCUT2D eigenvalue weighted by Gasteiger charge is -2.21. The van der Waals surface area contributed by atoms with Gasteiger partial charge in [-0.1, -0.05) is 172 Å². The summed E-state index contributed by atoms with van der Waals surface area (Å²) in [6, 6.07) is 58.4. The van der Waals surface area contributed by atoms with Gasteiger partial charge in [-0.3, -0.25) is 0 Å². The van der Waals surface area contributed by atoms with Crippen molar-refractivity contribution in [2.24, 2.45) is 0 Å². The van der Waals surface area contributed by atoms with E-state index in [1.165, 1.54) is 22.3 Å². The topological polar surface area (TPSA) is 38.7 Å². The van der Waals surface area contributed by atoms with E-state index in [9.17, 15) is 0 Å². The van der Waals surface area contributed by atoms with Crippen molar-refractivity contribution >= 4 is 32.3 Å². The monoisotopic (exact) mass is 651 g/mol. The number of rotatable bonds is 4. The molecular weight excluding hydrogens is 619 g/mol. The number of aromatic nitrogens is 3. The van der Waals surface area contributed by atoms with Gasteiger partial charge in [0, 0.05) is 22.1 Å². The van der Waals surface area contributed by atoms with Gasteiger partial charge in [0.1, 0.15) is 0 Å². The molecule has 8 aromatic carbocycles. The Hall–Kier alpha value is -6.45. The summed E-state index contributed by atoms with van der Waals surface area (Å²) in [6.45, 7) is 4.65. The summed E-state index contributed by atoms with van der Waals surface area (Å²) in [5, 5.41) is 6.77. The van der Waals surface area contributed by atoms with Gasteiger partial charge in [-0.05, 0) is 71.8 Å². The highest BCUT2D eigenvalue weighted by molar-refractivity contribution is 6.04. The maximum atomic E-state index is 5.38. The minimum Gasteiger partial charge on any atom is -0.208 e. The first kappa shape index (κ1) is 29.5. The zero-order valence-electron chi connectivity index (χ0n) is 28.4. The summed E-state index contributed by atoms with van der Waals surface area (Å²) in [7, 11) is 0. The highest BCUT2D eigenvalue weighted by atomic mass is 15.0. The van der Waals surface area contributed by atoms with E-state index in [2.05, 4.69) is 178 Å². The van der Waals surface area contributed by atoms with Crippen LogP contribution < -0.4 is 0 Å². The van der Waals surface area contributed by atoms with Crippen LogP contribution in [0.2, 0.25) is 0 Å². The van der Waals surface area contributed by atoms with Crippen molar-refractivity contribution in [3.8, 4) is 56.4 Å². The molecule has 1 aliphatic carbocycles. The quantitative estimate of drug-likeness (QED) is 0.190. The van der Waals surface area contributed by atoms with E-state index in [4.69, 9.17) is 15.0 Å². The Bertz CT molecular complexity index is 2740. The van der Waals surface area contributed by atoms with Crippen LogP contribution in [0.25, 0.3) is 88.7 Å². The molecule has 10 rings (SSSR count). The largest absolute Gasteiger partial charge is 0.208 e. The molecule has 0 bridgehead atoms. The van der Waals surface area contributed by atoms with E-state index in [0.717, 1.165) is 60.1 Å². The smallest absolute Gasteiger partial charge is 0.165 e. The molecule has 3 heteroatoms. The fourth-order valence-corrected chi connectivity index (χ4v) is 8.21. The molecule has 0 amide bonds. The molecule has 1 heterocycles. The maximum Gasteiger partial charge on any atom is 0.165 e. The average Bonchev–Trinajstić information content (AvgIpc) is 3.42. The third-order valence-corrected chi connectivity index (χ3v) is 10.7. The summed E-state index contributed by atoms with van der Waals surface area (Å²) < 4.78 is 0. The van der Waals surface area contributed by atoms with Crippen LogP contribution >= 0.6 is 0 Å². The molecule has 51 heavy (non-hydrogen) atoms. The van der Waals surface area contributed by atoms with E-state index >= 15 is 0 Å². The maximum absolute atomic E-state index is 5.38. The van der Waals surface area contributed by atoms with Crippen LogP contribution in [0.1, 0.15) is 25.0 Å². The lowest BCUT2D eigenvalue weighted by atomic mass is 9.82. The Labute approximate surface area is 297 Å². The van der Waals surface area contributed by atoms with E-state index in [1.807, 2.05) is 0 Å².